The van der Waals surface area contributed by atoms with Gasteiger partial charge in [-0.1, -0.05) is 25.0 Å². The largest absolute Gasteiger partial charge is 0.496 e. The summed E-state index contributed by atoms with van der Waals surface area (Å²) in [5.74, 6) is 1.20. The maximum absolute atomic E-state index is 12.0. The van der Waals surface area contributed by atoms with Crippen LogP contribution >= 0.6 is 0 Å². The fourth-order valence-corrected chi connectivity index (χ4v) is 3.00. The second-order valence-electron chi connectivity index (χ2n) is 5.03. The Morgan fingerprint density at radius 3 is 2.41 bits per heavy atom. The number of methoxy groups -OCH3 is 1. The second-order valence-corrected chi connectivity index (χ2v) is 5.03. The van der Waals surface area contributed by atoms with Gasteiger partial charge in [-0.15, -0.1) is 0 Å². The zero-order valence-corrected chi connectivity index (χ0v) is 10.9. The molecule has 0 atom stereocenters. The molecule has 17 heavy (non-hydrogen) atoms. The van der Waals surface area contributed by atoms with E-state index in [4.69, 9.17) is 4.74 Å². The van der Waals surface area contributed by atoms with Gasteiger partial charge in [0, 0.05) is 0 Å². The Morgan fingerprint density at radius 2 is 1.94 bits per heavy atom. The van der Waals surface area contributed by atoms with E-state index in [0.29, 0.717) is 5.78 Å². The minimum Gasteiger partial charge on any atom is -0.496 e. The standard InChI is InChI=1S/C15H20O2/c1-11-10-13(6-7-14(11)17-3)15(12(2)16)8-4-5-9-15/h6-7,10H,4-5,8-9H2,1-3H3. The van der Waals surface area contributed by atoms with Crippen molar-refractivity contribution in [3.8, 4) is 5.75 Å². The molecule has 0 aliphatic heterocycles. The minimum absolute atomic E-state index is 0.225. The fraction of sp³-hybridized carbons (Fsp3) is 0.533. The number of hydrogen-bond donors (Lipinski definition) is 0. The summed E-state index contributed by atoms with van der Waals surface area (Å²) in [5.41, 5.74) is 2.05. The van der Waals surface area contributed by atoms with Gasteiger partial charge in [-0.05, 0) is 43.9 Å². The number of aryl methyl sites for hydroxylation is 1. The summed E-state index contributed by atoms with van der Waals surface area (Å²) in [7, 11) is 1.68. The van der Waals surface area contributed by atoms with Crippen molar-refractivity contribution in [2.24, 2.45) is 0 Å². The fourth-order valence-electron chi connectivity index (χ4n) is 3.00. The molecule has 2 nitrogen and oxygen atoms in total. The summed E-state index contributed by atoms with van der Waals surface area (Å²) in [4.78, 5) is 12.0. The highest BCUT2D eigenvalue weighted by molar-refractivity contribution is 5.88. The predicted molar refractivity (Wildman–Crippen MR) is 68.6 cm³/mol. The van der Waals surface area contributed by atoms with E-state index in [0.717, 1.165) is 37.0 Å². The molecule has 1 aliphatic rings. The molecule has 1 fully saturated rings. The van der Waals surface area contributed by atoms with Crippen molar-refractivity contribution in [3.05, 3.63) is 29.3 Å². The van der Waals surface area contributed by atoms with Gasteiger partial charge >= 0.3 is 0 Å². The lowest BCUT2D eigenvalue weighted by atomic mass is 9.75. The first-order chi connectivity index (χ1) is 8.10. The number of carbonyl (C=O) groups is 1. The Balaban J connectivity index is 2.44. The first-order valence-electron chi connectivity index (χ1n) is 6.26. The second kappa shape index (κ2) is 4.52. The van der Waals surface area contributed by atoms with Crippen molar-refractivity contribution in [1.82, 2.24) is 0 Å². The van der Waals surface area contributed by atoms with E-state index in [1.807, 2.05) is 13.0 Å². The topological polar surface area (TPSA) is 26.3 Å². The van der Waals surface area contributed by atoms with Gasteiger partial charge in [0.15, 0.2) is 0 Å². The molecule has 0 unspecified atom stereocenters. The van der Waals surface area contributed by atoms with E-state index in [2.05, 4.69) is 12.1 Å². The Hall–Kier alpha value is -1.31. The highest BCUT2D eigenvalue weighted by Crippen LogP contribution is 2.42. The number of hydrogen-bond acceptors (Lipinski definition) is 2. The van der Waals surface area contributed by atoms with Crippen molar-refractivity contribution in [2.45, 2.75) is 44.9 Å². The van der Waals surface area contributed by atoms with Gasteiger partial charge in [-0.2, -0.15) is 0 Å². The summed E-state index contributed by atoms with van der Waals surface area (Å²) in [5, 5.41) is 0. The highest BCUT2D eigenvalue weighted by Gasteiger charge is 2.40. The van der Waals surface area contributed by atoms with E-state index in [-0.39, 0.29) is 5.41 Å². The monoisotopic (exact) mass is 232 g/mol. The molecule has 2 rings (SSSR count). The number of ketones is 1. The van der Waals surface area contributed by atoms with Crippen molar-refractivity contribution >= 4 is 5.78 Å². The third-order valence-corrected chi connectivity index (χ3v) is 4.08. The van der Waals surface area contributed by atoms with Crippen LogP contribution in [0, 0.1) is 6.92 Å². The van der Waals surface area contributed by atoms with Crippen LogP contribution in [0.15, 0.2) is 18.2 Å². The summed E-state index contributed by atoms with van der Waals surface area (Å²) >= 11 is 0. The molecule has 1 aromatic rings. The molecule has 92 valence electrons. The molecule has 0 aromatic heterocycles. The molecule has 0 spiro atoms. The van der Waals surface area contributed by atoms with Crippen LogP contribution in [0.25, 0.3) is 0 Å². The van der Waals surface area contributed by atoms with Crippen molar-refractivity contribution in [2.75, 3.05) is 7.11 Å². The summed E-state index contributed by atoms with van der Waals surface area (Å²) in [6.07, 6.45) is 4.30. The Bertz CT molecular complexity index is 429. The molecule has 0 bridgehead atoms. The zero-order valence-electron chi connectivity index (χ0n) is 10.9. The predicted octanol–water partition coefficient (Wildman–Crippen LogP) is 3.40. The summed E-state index contributed by atoms with van der Waals surface area (Å²) < 4.78 is 5.27. The van der Waals surface area contributed by atoms with Crippen molar-refractivity contribution in [3.63, 3.8) is 0 Å². The van der Waals surface area contributed by atoms with Crippen LogP contribution < -0.4 is 4.74 Å². The van der Waals surface area contributed by atoms with Crippen molar-refractivity contribution < 1.29 is 9.53 Å². The Labute approximate surface area is 103 Å². The molecule has 0 N–H and O–H groups in total. The SMILES string of the molecule is COc1ccc(C2(C(C)=O)CCCC2)cc1C. The lowest BCUT2D eigenvalue weighted by Crippen LogP contribution is -2.30. The van der Waals surface area contributed by atoms with Gasteiger partial charge in [0.2, 0.25) is 0 Å². The smallest absolute Gasteiger partial charge is 0.140 e. The molecule has 1 aromatic carbocycles. The van der Waals surface area contributed by atoms with Gasteiger partial charge in [0.1, 0.15) is 11.5 Å². The Morgan fingerprint density at radius 1 is 1.29 bits per heavy atom. The number of carbonyl (C=O) groups excluding carboxylic acids is 1. The molecular weight excluding hydrogens is 212 g/mol. The lowest BCUT2D eigenvalue weighted by Gasteiger charge is -2.27. The normalized spacial score (nSPS) is 18.1. The molecule has 1 aliphatic carbocycles. The van der Waals surface area contributed by atoms with Crippen LogP contribution in [-0.4, -0.2) is 12.9 Å². The Kier molecular flexibility index (Phi) is 3.23. The first kappa shape index (κ1) is 12.2. The van der Waals surface area contributed by atoms with Crippen LogP contribution in [-0.2, 0) is 10.2 Å². The minimum atomic E-state index is -0.225. The average Bonchev–Trinajstić information content (AvgIpc) is 2.79. The number of rotatable bonds is 3. The molecule has 0 heterocycles. The van der Waals surface area contributed by atoms with Gasteiger partial charge in [0.05, 0.1) is 12.5 Å². The van der Waals surface area contributed by atoms with E-state index in [1.54, 1.807) is 14.0 Å². The average molecular weight is 232 g/mol. The molecule has 0 amide bonds. The van der Waals surface area contributed by atoms with Crippen molar-refractivity contribution in [1.29, 1.82) is 0 Å². The van der Waals surface area contributed by atoms with E-state index in [9.17, 15) is 4.79 Å². The maximum atomic E-state index is 12.0. The molecular formula is C15H20O2. The van der Waals surface area contributed by atoms with E-state index < -0.39 is 0 Å². The highest BCUT2D eigenvalue weighted by atomic mass is 16.5. The maximum Gasteiger partial charge on any atom is 0.140 e. The van der Waals surface area contributed by atoms with Crippen LogP contribution in [0.2, 0.25) is 0 Å². The van der Waals surface area contributed by atoms with Crippen LogP contribution in [0.5, 0.6) is 5.75 Å². The van der Waals surface area contributed by atoms with Gasteiger partial charge in [-0.3, -0.25) is 4.79 Å². The zero-order chi connectivity index (χ0) is 12.5. The van der Waals surface area contributed by atoms with Gasteiger partial charge in [0.25, 0.3) is 0 Å². The molecule has 0 saturated heterocycles. The van der Waals surface area contributed by atoms with Crippen LogP contribution in [0.3, 0.4) is 0 Å². The van der Waals surface area contributed by atoms with Gasteiger partial charge in [-0.25, -0.2) is 0 Å². The third-order valence-electron chi connectivity index (χ3n) is 4.08. The molecule has 0 radical (unpaired) electrons. The summed E-state index contributed by atoms with van der Waals surface area (Å²) in [6.45, 7) is 3.76. The number of Topliss-reactive ketones (excluding diaryl/α,β-unsaturated/α-hetero) is 1. The first-order valence-corrected chi connectivity index (χ1v) is 6.26. The van der Waals surface area contributed by atoms with Crippen LogP contribution in [0.1, 0.15) is 43.7 Å². The van der Waals surface area contributed by atoms with E-state index >= 15 is 0 Å². The molecule has 2 heteroatoms. The molecule has 1 saturated carbocycles. The number of benzene rings is 1. The number of ether oxygens (including phenoxy) is 1. The lowest BCUT2D eigenvalue weighted by molar-refractivity contribution is -0.122. The van der Waals surface area contributed by atoms with Gasteiger partial charge < -0.3 is 4.74 Å². The van der Waals surface area contributed by atoms with Crippen LogP contribution in [0.4, 0.5) is 0 Å². The third kappa shape index (κ3) is 1.97. The quantitative estimate of drug-likeness (QED) is 0.798. The summed E-state index contributed by atoms with van der Waals surface area (Å²) in [6, 6.07) is 6.15. The van der Waals surface area contributed by atoms with E-state index in [1.165, 1.54) is 5.56 Å².